The number of thiophene rings is 1. The largest absolute Gasteiger partial charge is 0.347 e. The Morgan fingerprint density at radius 3 is 2.29 bits per heavy atom. The van der Waals surface area contributed by atoms with E-state index < -0.39 is 10.0 Å². The van der Waals surface area contributed by atoms with Crippen LogP contribution in [-0.2, 0) is 14.8 Å². The molecule has 28 heavy (non-hydrogen) atoms. The maximum atomic E-state index is 12.7. The number of hydrogen-bond donors (Lipinski definition) is 1. The van der Waals surface area contributed by atoms with Crippen LogP contribution in [-0.4, -0.2) is 38.0 Å². The molecule has 0 bridgehead atoms. The molecule has 1 amide bonds. The summed E-state index contributed by atoms with van der Waals surface area (Å²) in [6.07, 6.45) is 0.773. The summed E-state index contributed by atoms with van der Waals surface area (Å²) in [5, 5.41) is 4.90. The molecule has 2 aromatic rings. The average Bonchev–Trinajstić information content (AvgIpc) is 3.15. The molecule has 1 aromatic carbocycles. The molecule has 0 aliphatic rings. The smallest absolute Gasteiger partial charge is 0.243 e. The number of hydrogen-bond acceptors (Lipinski definition) is 5. The summed E-state index contributed by atoms with van der Waals surface area (Å²) >= 11 is 1.57. The van der Waals surface area contributed by atoms with Crippen molar-refractivity contribution < 1.29 is 18.0 Å². The lowest BCUT2D eigenvalue weighted by Crippen LogP contribution is -2.40. The van der Waals surface area contributed by atoms with Crippen molar-refractivity contribution >= 4 is 33.1 Å². The van der Waals surface area contributed by atoms with Gasteiger partial charge in [0.1, 0.15) is 0 Å². The summed E-state index contributed by atoms with van der Waals surface area (Å²) in [5.41, 5.74) is 0.437. The Morgan fingerprint density at radius 1 is 1.14 bits per heavy atom. The van der Waals surface area contributed by atoms with E-state index in [9.17, 15) is 18.0 Å². The number of carbonyl (C=O) groups is 2. The average molecular weight is 423 g/mol. The highest BCUT2D eigenvalue weighted by Gasteiger charge is 2.25. The minimum Gasteiger partial charge on any atom is -0.347 e. The zero-order valence-corrected chi connectivity index (χ0v) is 18.1. The monoisotopic (exact) mass is 422 g/mol. The molecule has 1 atom stereocenters. The highest BCUT2D eigenvalue weighted by Crippen LogP contribution is 2.25. The molecule has 0 fully saturated rings. The quantitative estimate of drug-likeness (QED) is 0.627. The first-order valence-electron chi connectivity index (χ1n) is 9.01. The van der Waals surface area contributed by atoms with E-state index in [-0.39, 0.29) is 29.2 Å². The Balaban J connectivity index is 2.08. The van der Waals surface area contributed by atoms with Crippen LogP contribution >= 0.6 is 11.3 Å². The Kier molecular flexibility index (Phi) is 7.51. The van der Waals surface area contributed by atoms with Crippen molar-refractivity contribution in [3.05, 3.63) is 52.2 Å². The molecule has 152 valence electrons. The molecule has 0 radical (unpaired) electrons. The van der Waals surface area contributed by atoms with Crippen LogP contribution in [0.4, 0.5) is 0 Å². The van der Waals surface area contributed by atoms with Gasteiger partial charge in [0.2, 0.25) is 15.9 Å². The van der Waals surface area contributed by atoms with Gasteiger partial charge in [-0.1, -0.05) is 32.0 Å². The predicted molar refractivity (Wildman–Crippen MR) is 111 cm³/mol. The molecule has 1 heterocycles. The first kappa shape index (κ1) is 22.3. The molecule has 0 saturated heterocycles. The SMILES string of the molecule is CC(=O)c1ccc(S(=O)(=O)N(C)CC(=O)NC(CC(C)C)c2cccs2)cc1. The zero-order chi connectivity index (χ0) is 20.9. The van der Waals surface area contributed by atoms with Gasteiger partial charge in [0.05, 0.1) is 17.5 Å². The van der Waals surface area contributed by atoms with Gasteiger partial charge in [-0.15, -0.1) is 11.3 Å². The summed E-state index contributed by atoms with van der Waals surface area (Å²) < 4.78 is 26.4. The number of likely N-dealkylation sites (N-methyl/N-ethyl adjacent to an activating group) is 1. The molecule has 8 heteroatoms. The van der Waals surface area contributed by atoms with Crippen molar-refractivity contribution in [2.24, 2.45) is 5.92 Å². The fourth-order valence-electron chi connectivity index (χ4n) is 2.78. The van der Waals surface area contributed by atoms with Gasteiger partial charge in [0, 0.05) is 17.5 Å². The summed E-state index contributed by atoms with van der Waals surface area (Å²) in [7, 11) is -2.45. The number of Topliss-reactive ketones (excluding diaryl/α,β-unsaturated/α-hetero) is 1. The highest BCUT2D eigenvalue weighted by molar-refractivity contribution is 7.89. The van der Waals surface area contributed by atoms with Crippen LogP contribution in [0, 0.1) is 5.92 Å². The summed E-state index contributed by atoms with van der Waals surface area (Å²) in [6, 6.07) is 9.47. The van der Waals surface area contributed by atoms with Crippen LogP contribution in [0.2, 0.25) is 0 Å². The maximum absolute atomic E-state index is 12.7. The van der Waals surface area contributed by atoms with E-state index in [0.717, 1.165) is 15.6 Å². The van der Waals surface area contributed by atoms with Crippen molar-refractivity contribution in [3.8, 4) is 0 Å². The molecular weight excluding hydrogens is 396 g/mol. The lowest BCUT2D eigenvalue weighted by molar-refractivity contribution is -0.122. The van der Waals surface area contributed by atoms with Crippen LogP contribution in [0.1, 0.15) is 48.5 Å². The predicted octanol–water partition coefficient (Wildman–Crippen LogP) is 3.47. The number of sulfonamides is 1. The van der Waals surface area contributed by atoms with Gasteiger partial charge >= 0.3 is 0 Å². The normalized spacial score (nSPS) is 12.9. The minimum atomic E-state index is -3.83. The standard InChI is InChI=1S/C20H26N2O4S2/c1-14(2)12-18(19-6-5-11-27-19)21-20(24)13-22(4)28(25,26)17-9-7-16(8-10-17)15(3)23/h5-11,14,18H,12-13H2,1-4H3,(H,21,24). The first-order valence-corrected chi connectivity index (χ1v) is 11.3. The van der Waals surface area contributed by atoms with Gasteiger partial charge in [-0.25, -0.2) is 8.42 Å². The molecule has 1 N–H and O–H groups in total. The second kappa shape index (κ2) is 9.45. The first-order chi connectivity index (χ1) is 13.1. The van der Waals surface area contributed by atoms with Crippen LogP contribution in [0.25, 0.3) is 0 Å². The third kappa shape index (κ3) is 5.73. The number of benzene rings is 1. The molecule has 1 aromatic heterocycles. The molecule has 0 saturated carbocycles. The van der Waals surface area contributed by atoms with Crippen molar-refractivity contribution in [1.82, 2.24) is 9.62 Å². The molecule has 0 aliphatic heterocycles. The third-order valence-electron chi connectivity index (χ3n) is 4.26. The van der Waals surface area contributed by atoms with Gasteiger partial charge < -0.3 is 5.32 Å². The maximum Gasteiger partial charge on any atom is 0.243 e. The molecule has 1 unspecified atom stereocenters. The van der Waals surface area contributed by atoms with E-state index in [1.165, 1.54) is 38.2 Å². The van der Waals surface area contributed by atoms with Gasteiger partial charge in [0.15, 0.2) is 5.78 Å². The van der Waals surface area contributed by atoms with E-state index in [0.29, 0.717) is 11.5 Å². The lowest BCUT2D eigenvalue weighted by Gasteiger charge is -2.22. The minimum absolute atomic E-state index is 0.0461. The van der Waals surface area contributed by atoms with Crippen LogP contribution in [0.3, 0.4) is 0 Å². The summed E-state index contributed by atoms with van der Waals surface area (Å²) in [6.45, 7) is 5.29. The van der Waals surface area contributed by atoms with Crippen molar-refractivity contribution in [1.29, 1.82) is 0 Å². The van der Waals surface area contributed by atoms with E-state index in [1.807, 2.05) is 17.5 Å². The second-order valence-electron chi connectivity index (χ2n) is 7.11. The van der Waals surface area contributed by atoms with Crippen LogP contribution < -0.4 is 5.32 Å². The molecule has 0 spiro atoms. The Hall–Kier alpha value is -2.03. The number of amides is 1. The number of carbonyl (C=O) groups excluding carboxylic acids is 2. The fraction of sp³-hybridized carbons (Fsp3) is 0.400. The highest BCUT2D eigenvalue weighted by atomic mass is 32.2. The second-order valence-corrected chi connectivity index (χ2v) is 10.1. The van der Waals surface area contributed by atoms with E-state index >= 15 is 0 Å². The van der Waals surface area contributed by atoms with E-state index in [4.69, 9.17) is 0 Å². The molecule has 2 rings (SSSR count). The van der Waals surface area contributed by atoms with Gasteiger partial charge in [-0.3, -0.25) is 9.59 Å². The van der Waals surface area contributed by atoms with Crippen molar-refractivity contribution in [2.75, 3.05) is 13.6 Å². The van der Waals surface area contributed by atoms with Crippen molar-refractivity contribution in [2.45, 2.75) is 38.1 Å². The molecular formula is C20H26N2O4S2. The van der Waals surface area contributed by atoms with Crippen molar-refractivity contribution in [3.63, 3.8) is 0 Å². The van der Waals surface area contributed by atoms with Gasteiger partial charge in [0.25, 0.3) is 0 Å². The number of nitrogens with one attached hydrogen (secondary N) is 1. The lowest BCUT2D eigenvalue weighted by atomic mass is 10.0. The summed E-state index contributed by atoms with van der Waals surface area (Å²) in [5.74, 6) is -0.111. The Bertz CT molecular complexity index is 904. The van der Waals surface area contributed by atoms with E-state index in [2.05, 4.69) is 19.2 Å². The summed E-state index contributed by atoms with van der Waals surface area (Å²) in [4.78, 5) is 24.9. The zero-order valence-electron chi connectivity index (χ0n) is 16.5. The number of rotatable bonds is 9. The van der Waals surface area contributed by atoms with Crippen LogP contribution in [0.5, 0.6) is 0 Å². The molecule has 6 nitrogen and oxygen atoms in total. The van der Waals surface area contributed by atoms with Gasteiger partial charge in [-0.05, 0) is 42.8 Å². The number of nitrogens with zero attached hydrogens (tertiary/aromatic N) is 1. The van der Waals surface area contributed by atoms with Gasteiger partial charge in [-0.2, -0.15) is 4.31 Å². The fourth-order valence-corrected chi connectivity index (χ4v) is 4.69. The molecule has 0 aliphatic carbocycles. The Morgan fingerprint density at radius 2 is 1.79 bits per heavy atom. The van der Waals surface area contributed by atoms with Crippen LogP contribution in [0.15, 0.2) is 46.7 Å². The Labute approximate surface area is 170 Å². The topological polar surface area (TPSA) is 83.6 Å². The van der Waals surface area contributed by atoms with E-state index in [1.54, 1.807) is 11.3 Å². The number of ketones is 1. The third-order valence-corrected chi connectivity index (χ3v) is 7.07.